The highest BCUT2D eigenvalue weighted by Crippen LogP contribution is 2.31. The number of aryl methyl sites for hydroxylation is 1. The number of carbonyl (C=O) groups is 1. The minimum absolute atomic E-state index is 0.291. The summed E-state index contributed by atoms with van der Waals surface area (Å²) < 4.78 is 15.5. The van der Waals surface area contributed by atoms with Crippen molar-refractivity contribution in [2.24, 2.45) is 0 Å². The first-order chi connectivity index (χ1) is 17.6. The molecule has 0 radical (unpaired) electrons. The number of carbonyl (C=O) groups excluding carboxylic acids is 1. The van der Waals surface area contributed by atoms with Gasteiger partial charge in [-0.15, -0.1) is 10.2 Å². The van der Waals surface area contributed by atoms with Gasteiger partial charge in [-0.3, -0.25) is 14.3 Å². The van der Waals surface area contributed by atoms with E-state index in [0.717, 1.165) is 33.4 Å². The number of para-hydroxylation sites is 1. The molecule has 1 N–H and O–H groups in total. The summed E-state index contributed by atoms with van der Waals surface area (Å²) in [5.41, 5.74) is 5.01. The minimum Gasteiger partial charge on any atom is -0.322 e. The Morgan fingerprint density at radius 3 is 2.47 bits per heavy atom. The van der Waals surface area contributed by atoms with E-state index in [1.807, 2.05) is 36.4 Å². The quantitative estimate of drug-likeness (QED) is 0.268. The van der Waals surface area contributed by atoms with Crippen LogP contribution in [0.2, 0.25) is 0 Å². The third-order valence-electron chi connectivity index (χ3n) is 5.59. The molecule has 8 heteroatoms. The molecule has 0 saturated heterocycles. The van der Waals surface area contributed by atoms with Crippen LogP contribution < -0.4 is 5.32 Å². The van der Waals surface area contributed by atoms with Crippen molar-refractivity contribution in [3.05, 3.63) is 120 Å². The third-order valence-corrected chi connectivity index (χ3v) is 6.59. The van der Waals surface area contributed by atoms with Gasteiger partial charge >= 0.3 is 0 Å². The summed E-state index contributed by atoms with van der Waals surface area (Å²) in [7, 11) is 0. The van der Waals surface area contributed by atoms with Crippen molar-refractivity contribution in [1.29, 1.82) is 0 Å². The molecule has 0 aliphatic carbocycles. The summed E-state index contributed by atoms with van der Waals surface area (Å²) in [5.74, 6) is 0.706. The van der Waals surface area contributed by atoms with Crippen LogP contribution >= 0.6 is 11.8 Å². The van der Waals surface area contributed by atoms with Crippen LogP contribution in [0, 0.1) is 12.7 Å². The zero-order chi connectivity index (χ0) is 24.9. The Balaban J connectivity index is 1.35. The number of amides is 1. The van der Waals surface area contributed by atoms with Crippen molar-refractivity contribution in [3.8, 4) is 17.1 Å². The molecule has 0 unspecified atom stereocenters. The molecule has 0 atom stereocenters. The summed E-state index contributed by atoms with van der Waals surface area (Å²) in [6.45, 7) is 2.06. The van der Waals surface area contributed by atoms with Crippen LogP contribution in [0.3, 0.4) is 0 Å². The van der Waals surface area contributed by atoms with Crippen molar-refractivity contribution in [2.75, 3.05) is 5.32 Å². The van der Waals surface area contributed by atoms with E-state index in [4.69, 9.17) is 0 Å². The molecule has 0 spiro atoms. The van der Waals surface area contributed by atoms with Crippen LogP contribution in [-0.4, -0.2) is 25.7 Å². The molecule has 5 rings (SSSR count). The number of thioether (sulfide) groups is 1. The molecule has 2 heterocycles. The number of pyridine rings is 1. The van der Waals surface area contributed by atoms with Crippen molar-refractivity contribution in [3.63, 3.8) is 0 Å². The zero-order valence-corrected chi connectivity index (χ0v) is 20.2. The van der Waals surface area contributed by atoms with Crippen LogP contribution in [0.4, 0.5) is 10.1 Å². The molecule has 0 saturated carbocycles. The summed E-state index contributed by atoms with van der Waals surface area (Å²) in [5, 5.41) is 12.5. The van der Waals surface area contributed by atoms with Crippen molar-refractivity contribution in [1.82, 2.24) is 19.7 Å². The number of hydrogen-bond acceptors (Lipinski definition) is 5. The van der Waals surface area contributed by atoms with Crippen LogP contribution in [0.15, 0.2) is 102 Å². The molecule has 36 heavy (non-hydrogen) atoms. The van der Waals surface area contributed by atoms with E-state index < -0.39 is 5.82 Å². The summed E-state index contributed by atoms with van der Waals surface area (Å²) in [6, 6.07) is 25.1. The Labute approximate surface area is 212 Å². The first-order valence-electron chi connectivity index (χ1n) is 11.3. The van der Waals surface area contributed by atoms with Gasteiger partial charge in [-0.2, -0.15) is 0 Å². The molecule has 0 bridgehead atoms. The van der Waals surface area contributed by atoms with E-state index >= 15 is 0 Å². The molecule has 1 amide bonds. The van der Waals surface area contributed by atoms with Gasteiger partial charge in [0.2, 0.25) is 0 Å². The molecule has 6 nitrogen and oxygen atoms in total. The highest BCUT2D eigenvalue weighted by atomic mass is 32.2. The number of halogens is 1. The minimum atomic E-state index is -0.397. The highest BCUT2D eigenvalue weighted by molar-refractivity contribution is 7.98. The van der Waals surface area contributed by atoms with Gasteiger partial charge in [0.15, 0.2) is 11.0 Å². The Kier molecular flexibility index (Phi) is 6.86. The van der Waals surface area contributed by atoms with E-state index in [1.54, 1.807) is 48.4 Å². The van der Waals surface area contributed by atoms with Gasteiger partial charge < -0.3 is 5.32 Å². The second kappa shape index (κ2) is 10.5. The third kappa shape index (κ3) is 5.18. The molecule has 178 valence electrons. The number of hydrogen-bond donors (Lipinski definition) is 1. The largest absolute Gasteiger partial charge is 0.322 e. The Hall–Kier alpha value is -4.30. The van der Waals surface area contributed by atoms with E-state index in [1.165, 1.54) is 12.1 Å². The Morgan fingerprint density at radius 2 is 1.72 bits per heavy atom. The van der Waals surface area contributed by atoms with Crippen LogP contribution in [0.25, 0.3) is 17.1 Å². The fraction of sp³-hybridized carbons (Fsp3) is 0.0714. The lowest BCUT2D eigenvalue weighted by Gasteiger charge is -2.13. The van der Waals surface area contributed by atoms with E-state index in [9.17, 15) is 9.18 Å². The maximum absolute atomic E-state index is 13.4. The van der Waals surface area contributed by atoms with Crippen molar-refractivity contribution >= 4 is 23.4 Å². The van der Waals surface area contributed by atoms with Gasteiger partial charge in [0.1, 0.15) is 5.82 Å². The first-order valence-corrected chi connectivity index (χ1v) is 12.3. The fourth-order valence-electron chi connectivity index (χ4n) is 3.75. The lowest BCUT2D eigenvalue weighted by atomic mass is 10.1. The summed E-state index contributed by atoms with van der Waals surface area (Å²) in [4.78, 5) is 16.6. The topological polar surface area (TPSA) is 72.7 Å². The maximum atomic E-state index is 13.4. The summed E-state index contributed by atoms with van der Waals surface area (Å²) in [6.07, 6.45) is 3.48. The van der Waals surface area contributed by atoms with Gasteiger partial charge in [0.05, 0.1) is 5.69 Å². The SMILES string of the molecule is Cc1ccccc1-n1c(SCc2ccc(C(=O)Nc3cccc(F)c3)cc2)nnc1-c1ccncc1. The number of anilines is 1. The predicted octanol–water partition coefficient (Wildman–Crippen LogP) is 6.32. The van der Waals surface area contributed by atoms with Gasteiger partial charge in [-0.1, -0.05) is 48.2 Å². The molecule has 2 aromatic heterocycles. The van der Waals surface area contributed by atoms with E-state index in [-0.39, 0.29) is 5.91 Å². The number of aromatic nitrogens is 4. The Bertz CT molecular complexity index is 1500. The average molecular weight is 496 g/mol. The number of benzene rings is 3. The molecule has 0 fully saturated rings. The molecule has 5 aromatic rings. The van der Waals surface area contributed by atoms with Gasteiger partial charge in [0, 0.05) is 35.0 Å². The molecule has 0 aliphatic heterocycles. The van der Waals surface area contributed by atoms with Gasteiger partial charge in [-0.25, -0.2) is 4.39 Å². The second-order valence-corrected chi connectivity index (χ2v) is 9.06. The first kappa shape index (κ1) is 23.4. The molecular formula is C28H22FN5OS. The average Bonchev–Trinajstić information content (AvgIpc) is 3.32. The predicted molar refractivity (Wildman–Crippen MR) is 140 cm³/mol. The van der Waals surface area contributed by atoms with Crippen molar-refractivity contribution in [2.45, 2.75) is 17.8 Å². The lowest BCUT2D eigenvalue weighted by molar-refractivity contribution is 0.102. The van der Waals surface area contributed by atoms with Crippen LogP contribution in [0.5, 0.6) is 0 Å². The maximum Gasteiger partial charge on any atom is 0.255 e. The second-order valence-electron chi connectivity index (χ2n) is 8.11. The number of nitrogens with zero attached hydrogens (tertiary/aromatic N) is 4. The lowest BCUT2D eigenvalue weighted by Crippen LogP contribution is -2.11. The van der Waals surface area contributed by atoms with Crippen molar-refractivity contribution < 1.29 is 9.18 Å². The fourth-order valence-corrected chi connectivity index (χ4v) is 4.65. The Morgan fingerprint density at radius 1 is 0.944 bits per heavy atom. The normalized spacial score (nSPS) is 10.8. The van der Waals surface area contributed by atoms with Gasteiger partial charge in [-0.05, 0) is 66.6 Å². The highest BCUT2D eigenvalue weighted by Gasteiger charge is 2.17. The zero-order valence-electron chi connectivity index (χ0n) is 19.4. The summed E-state index contributed by atoms with van der Waals surface area (Å²) >= 11 is 1.57. The van der Waals surface area contributed by atoms with E-state index in [0.29, 0.717) is 17.0 Å². The molecular weight excluding hydrogens is 473 g/mol. The monoisotopic (exact) mass is 495 g/mol. The van der Waals surface area contributed by atoms with Crippen LogP contribution in [-0.2, 0) is 5.75 Å². The van der Waals surface area contributed by atoms with Gasteiger partial charge in [0.25, 0.3) is 5.91 Å². The standard InChI is InChI=1S/C28H22FN5OS/c1-19-5-2-3-8-25(19)34-26(21-13-15-30-16-14-21)32-33-28(34)36-18-20-9-11-22(12-10-20)27(35)31-24-7-4-6-23(29)17-24/h2-17H,18H2,1H3,(H,31,35). The number of nitrogens with one attached hydrogen (secondary N) is 1. The van der Waals surface area contributed by atoms with Crippen LogP contribution in [0.1, 0.15) is 21.5 Å². The molecule has 3 aromatic carbocycles. The molecule has 0 aliphatic rings. The smallest absolute Gasteiger partial charge is 0.255 e. The number of rotatable bonds is 7. The van der Waals surface area contributed by atoms with E-state index in [2.05, 4.69) is 44.1 Å².